The van der Waals surface area contributed by atoms with Gasteiger partial charge in [-0.05, 0) is 57.3 Å². The van der Waals surface area contributed by atoms with Crippen molar-refractivity contribution >= 4 is 11.7 Å². The first kappa shape index (κ1) is 15.2. The van der Waals surface area contributed by atoms with E-state index in [1.54, 1.807) is 6.07 Å². The second-order valence-corrected chi connectivity index (χ2v) is 6.15. The van der Waals surface area contributed by atoms with Crippen molar-refractivity contribution in [1.29, 1.82) is 0 Å². The number of likely N-dealkylation sites (tertiary alicyclic amines) is 2. The third-order valence-corrected chi connectivity index (χ3v) is 4.53. The molecule has 0 spiro atoms. The maximum atomic E-state index is 12.8. The molecular weight excluding hydrogens is 283 g/mol. The van der Waals surface area contributed by atoms with Crippen LogP contribution in [0.5, 0.6) is 0 Å². The van der Waals surface area contributed by atoms with Crippen LogP contribution in [0.25, 0.3) is 0 Å². The maximum Gasteiger partial charge on any atom is 0.322 e. The van der Waals surface area contributed by atoms with Crippen molar-refractivity contribution in [2.75, 3.05) is 31.5 Å². The zero-order chi connectivity index (χ0) is 15.4. The van der Waals surface area contributed by atoms with Gasteiger partial charge < -0.3 is 15.1 Å². The van der Waals surface area contributed by atoms with Crippen LogP contribution in [0, 0.1) is 5.95 Å². The summed E-state index contributed by atoms with van der Waals surface area (Å²) in [5.41, 5.74) is 0.539. The molecule has 120 valence electrons. The third kappa shape index (κ3) is 3.74. The number of rotatable bonds is 3. The van der Waals surface area contributed by atoms with Crippen molar-refractivity contribution in [1.82, 2.24) is 14.8 Å². The molecule has 1 N–H and O–H groups in total. The van der Waals surface area contributed by atoms with Crippen molar-refractivity contribution in [3.05, 3.63) is 24.3 Å². The summed E-state index contributed by atoms with van der Waals surface area (Å²) in [5, 5.41) is 2.83. The van der Waals surface area contributed by atoms with Crippen LogP contribution < -0.4 is 5.32 Å². The van der Waals surface area contributed by atoms with Crippen LogP contribution in [-0.2, 0) is 0 Å². The van der Waals surface area contributed by atoms with E-state index in [0.29, 0.717) is 5.69 Å². The van der Waals surface area contributed by atoms with Gasteiger partial charge in [-0.25, -0.2) is 9.78 Å². The van der Waals surface area contributed by atoms with Gasteiger partial charge in [-0.2, -0.15) is 4.39 Å². The van der Waals surface area contributed by atoms with Crippen LogP contribution in [0.1, 0.15) is 32.1 Å². The Balaban J connectivity index is 1.61. The number of hydrogen-bond donors (Lipinski definition) is 1. The number of amides is 2. The summed E-state index contributed by atoms with van der Waals surface area (Å²) >= 11 is 0. The summed E-state index contributed by atoms with van der Waals surface area (Å²) < 4.78 is 12.8. The van der Waals surface area contributed by atoms with E-state index in [9.17, 15) is 9.18 Å². The van der Waals surface area contributed by atoms with Gasteiger partial charge >= 0.3 is 6.03 Å². The van der Waals surface area contributed by atoms with E-state index >= 15 is 0 Å². The number of pyridine rings is 1. The second kappa shape index (κ2) is 7.05. The lowest BCUT2D eigenvalue weighted by Crippen LogP contribution is -2.50. The van der Waals surface area contributed by atoms with E-state index in [4.69, 9.17) is 0 Å². The van der Waals surface area contributed by atoms with Crippen molar-refractivity contribution in [3.8, 4) is 0 Å². The Bertz CT molecular complexity index is 501. The minimum absolute atomic E-state index is 0.0997. The van der Waals surface area contributed by atoms with E-state index in [2.05, 4.69) is 15.2 Å². The number of urea groups is 1. The number of nitrogens with one attached hydrogen (secondary N) is 1. The standard InChI is InChI=1S/C16H23FN4O/c17-15-7-6-13(11-18-15)19-16(22)21-10-2-1-5-14(21)12-20-8-3-4-9-20/h6-7,11,14H,1-5,8-10,12H2,(H,19,22)/t14-/m1/s1. The molecule has 0 aromatic carbocycles. The fourth-order valence-corrected chi connectivity index (χ4v) is 3.37. The highest BCUT2D eigenvalue weighted by atomic mass is 19.1. The molecule has 3 heterocycles. The molecule has 0 unspecified atom stereocenters. The second-order valence-electron chi connectivity index (χ2n) is 6.15. The molecular formula is C16H23FN4O. The van der Waals surface area contributed by atoms with E-state index in [-0.39, 0.29) is 12.1 Å². The van der Waals surface area contributed by atoms with E-state index in [1.807, 2.05) is 4.90 Å². The highest BCUT2D eigenvalue weighted by molar-refractivity contribution is 5.89. The largest absolute Gasteiger partial charge is 0.322 e. The van der Waals surface area contributed by atoms with Crippen LogP contribution in [-0.4, -0.2) is 53.0 Å². The topological polar surface area (TPSA) is 48.5 Å². The lowest BCUT2D eigenvalue weighted by Gasteiger charge is -2.37. The average Bonchev–Trinajstić information content (AvgIpc) is 3.03. The number of carbonyl (C=O) groups is 1. The zero-order valence-corrected chi connectivity index (χ0v) is 12.8. The molecule has 1 aromatic rings. The molecule has 6 heteroatoms. The minimum atomic E-state index is -0.539. The quantitative estimate of drug-likeness (QED) is 0.874. The molecule has 1 atom stereocenters. The Morgan fingerprint density at radius 1 is 1.23 bits per heavy atom. The SMILES string of the molecule is O=C(Nc1ccc(F)nc1)N1CCCC[C@@H]1CN1CCCC1. The van der Waals surface area contributed by atoms with E-state index in [0.717, 1.165) is 39.0 Å². The summed E-state index contributed by atoms with van der Waals surface area (Å²) in [6.45, 7) is 4.05. The van der Waals surface area contributed by atoms with Gasteiger partial charge in [-0.15, -0.1) is 0 Å². The van der Waals surface area contributed by atoms with Gasteiger partial charge in [-0.3, -0.25) is 0 Å². The Morgan fingerprint density at radius 2 is 2.00 bits per heavy atom. The molecule has 3 rings (SSSR count). The highest BCUT2D eigenvalue weighted by Crippen LogP contribution is 2.21. The molecule has 0 bridgehead atoms. The van der Waals surface area contributed by atoms with Gasteiger partial charge in [0.05, 0.1) is 11.9 Å². The van der Waals surface area contributed by atoms with Crippen LogP contribution in [0.15, 0.2) is 18.3 Å². The molecule has 0 radical (unpaired) electrons. The van der Waals surface area contributed by atoms with Gasteiger partial charge in [0.1, 0.15) is 0 Å². The van der Waals surface area contributed by atoms with Gasteiger partial charge in [0, 0.05) is 19.1 Å². The first-order valence-corrected chi connectivity index (χ1v) is 8.14. The summed E-state index contributed by atoms with van der Waals surface area (Å²) in [4.78, 5) is 20.5. The maximum absolute atomic E-state index is 12.8. The number of aromatic nitrogens is 1. The number of halogens is 1. The summed E-state index contributed by atoms with van der Waals surface area (Å²) in [7, 11) is 0. The van der Waals surface area contributed by atoms with Crippen molar-refractivity contribution in [2.24, 2.45) is 0 Å². The number of hydrogen-bond acceptors (Lipinski definition) is 3. The number of piperidine rings is 1. The molecule has 1 aromatic heterocycles. The van der Waals surface area contributed by atoms with Crippen molar-refractivity contribution < 1.29 is 9.18 Å². The Labute approximate surface area is 130 Å². The van der Waals surface area contributed by atoms with Gasteiger partial charge in [-0.1, -0.05) is 0 Å². The van der Waals surface area contributed by atoms with Gasteiger partial charge in [0.2, 0.25) is 5.95 Å². The van der Waals surface area contributed by atoms with Crippen LogP contribution in [0.2, 0.25) is 0 Å². The Morgan fingerprint density at radius 3 is 2.73 bits per heavy atom. The Kier molecular flexibility index (Phi) is 4.87. The average molecular weight is 306 g/mol. The van der Waals surface area contributed by atoms with E-state index < -0.39 is 5.95 Å². The third-order valence-electron chi connectivity index (χ3n) is 4.53. The van der Waals surface area contributed by atoms with Crippen molar-refractivity contribution in [3.63, 3.8) is 0 Å². The molecule has 2 saturated heterocycles. The predicted octanol–water partition coefficient (Wildman–Crippen LogP) is 2.70. The molecule has 2 amide bonds. The normalized spacial score (nSPS) is 22.8. The fraction of sp³-hybridized carbons (Fsp3) is 0.625. The zero-order valence-electron chi connectivity index (χ0n) is 12.8. The van der Waals surface area contributed by atoms with Gasteiger partial charge in [0.25, 0.3) is 0 Å². The van der Waals surface area contributed by atoms with Crippen LogP contribution in [0.4, 0.5) is 14.9 Å². The Hall–Kier alpha value is -1.69. The first-order chi connectivity index (χ1) is 10.7. The number of anilines is 1. The lowest BCUT2D eigenvalue weighted by atomic mass is 10.0. The molecule has 2 fully saturated rings. The van der Waals surface area contributed by atoms with Crippen LogP contribution in [0.3, 0.4) is 0 Å². The van der Waals surface area contributed by atoms with Crippen LogP contribution >= 0.6 is 0 Å². The number of nitrogens with zero attached hydrogens (tertiary/aromatic N) is 3. The fourth-order valence-electron chi connectivity index (χ4n) is 3.37. The first-order valence-electron chi connectivity index (χ1n) is 8.14. The molecule has 2 aliphatic rings. The van der Waals surface area contributed by atoms with Crippen molar-refractivity contribution in [2.45, 2.75) is 38.1 Å². The molecule has 0 saturated carbocycles. The minimum Gasteiger partial charge on any atom is -0.320 e. The predicted molar refractivity (Wildman–Crippen MR) is 83.2 cm³/mol. The molecule has 22 heavy (non-hydrogen) atoms. The highest BCUT2D eigenvalue weighted by Gasteiger charge is 2.29. The summed E-state index contributed by atoms with van der Waals surface area (Å²) in [6.07, 6.45) is 7.17. The smallest absolute Gasteiger partial charge is 0.320 e. The molecule has 2 aliphatic heterocycles. The molecule has 0 aliphatic carbocycles. The summed E-state index contributed by atoms with van der Waals surface area (Å²) in [5.74, 6) is -0.539. The van der Waals surface area contributed by atoms with Gasteiger partial charge in [0.15, 0.2) is 0 Å². The monoisotopic (exact) mass is 306 g/mol. The summed E-state index contributed by atoms with van der Waals surface area (Å²) in [6, 6.07) is 2.98. The molecule has 5 nitrogen and oxygen atoms in total. The van der Waals surface area contributed by atoms with E-state index in [1.165, 1.54) is 31.5 Å². The lowest BCUT2D eigenvalue weighted by molar-refractivity contribution is 0.136. The number of carbonyl (C=O) groups excluding carboxylic acids is 1.